The van der Waals surface area contributed by atoms with Gasteiger partial charge in [0, 0.05) is 32.6 Å². The summed E-state index contributed by atoms with van der Waals surface area (Å²) in [6.07, 6.45) is 3.48. The van der Waals surface area contributed by atoms with E-state index in [2.05, 4.69) is 5.32 Å². The quantitative estimate of drug-likeness (QED) is 0.636. The first-order chi connectivity index (χ1) is 7.58. The van der Waals surface area contributed by atoms with Crippen molar-refractivity contribution in [3.05, 3.63) is 0 Å². The predicted octanol–water partition coefficient (Wildman–Crippen LogP) is -0.184. The molecule has 0 unspecified atom stereocenters. The van der Waals surface area contributed by atoms with E-state index >= 15 is 0 Å². The Morgan fingerprint density at radius 2 is 2.00 bits per heavy atom. The molecule has 0 aromatic carbocycles. The van der Waals surface area contributed by atoms with Crippen LogP contribution in [0.1, 0.15) is 12.8 Å². The molecule has 6 heteroatoms. The van der Waals surface area contributed by atoms with Crippen LogP contribution < -0.4 is 5.32 Å². The van der Waals surface area contributed by atoms with Gasteiger partial charge in [0.2, 0.25) is 0 Å². The van der Waals surface area contributed by atoms with Crippen LogP contribution in [-0.4, -0.2) is 59.4 Å². The molecular weight excluding hydrogens is 230 g/mol. The summed E-state index contributed by atoms with van der Waals surface area (Å²) in [6.45, 7) is 3.40. The summed E-state index contributed by atoms with van der Waals surface area (Å²) in [5.74, 6) is 0.185. The van der Waals surface area contributed by atoms with E-state index in [9.17, 15) is 8.42 Å². The Labute approximate surface area is 97.4 Å². The van der Waals surface area contributed by atoms with Gasteiger partial charge in [-0.05, 0) is 12.8 Å². The highest BCUT2D eigenvalue weighted by Crippen LogP contribution is 2.09. The number of nitrogens with one attached hydrogen (secondary N) is 1. The van der Waals surface area contributed by atoms with Gasteiger partial charge in [-0.2, -0.15) is 0 Å². The maximum absolute atomic E-state index is 10.8. The third kappa shape index (κ3) is 7.16. The van der Waals surface area contributed by atoms with Gasteiger partial charge in [0.05, 0.1) is 18.5 Å². The van der Waals surface area contributed by atoms with Crippen molar-refractivity contribution in [1.82, 2.24) is 5.32 Å². The van der Waals surface area contributed by atoms with Gasteiger partial charge in [-0.25, -0.2) is 8.42 Å². The molecule has 1 rings (SSSR count). The first-order valence-corrected chi connectivity index (χ1v) is 7.72. The van der Waals surface area contributed by atoms with Crippen molar-refractivity contribution >= 4 is 9.84 Å². The number of sulfone groups is 1. The lowest BCUT2D eigenvalue weighted by molar-refractivity contribution is -0.0304. The molecule has 0 radical (unpaired) electrons. The Morgan fingerprint density at radius 1 is 1.31 bits per heavy atom. The number of rotatable bonds is 7. The van der Waals surface area contributed by atoms with Crippen LogP contribution in [0.2, 0.25) is 0 Å². The zero-order valence-electron chi connectivity index (χ0n) is 9.78. The molecule has 1 saturated heterocycles. The largest absolute Gasteiger partial charge is 0.381 e. The van der Waals surface area contributed by atoms with Crippen LogP contribution in [0.5, 0.6) is 0 Å². The Kier molecular flexibility index (Phi) is 6.26. The van der Waals surface area contributed by atoms with Gasteiger partial charge in [0.1, 0.15) is 9.84 Å². The fourth-order valence-corrected chi connectivity index (χ4v) is 2.04. The van der Waals surface area contributed by atoms with Crippen molar-refractivity contribution in [3.8, 4) is 0 Å². The molecule has 1 aliphatic heterocycles. The van der Waals surface area contributed by atoms with Crippen molar-refractivity contribution in [3.63, 3.8) is 0 Å². The van der Waals surface area contributed by atoms with Crippen LogP contribution in [0.25, 0.3) is 0 Å². The normalized spacial score (nSPS) is 18.8. The Morgan fingerprint density at radius 3 is 2.62 bits per heavy atom. The number of hydrogen-bond donors (Lipinski definition) is 1. The minimum Gasteiger partial charge on any atom is -0.381 e. The van der Waals surface area contributed by atoms with E-state index in [1.54, 1.807) is 0 Å². The van der Waals surface area contributed by atoms with Crippen LogP contribution in [0.3, 0.4) is 0 Å². The summed E-state index contributed by atoms with van der Waals surface area (Å²) in [5.41, 5.74) is 0. The first kappa shape index (κ1) is 13.9. The fraction of sp³-hybridized carbons (Fsp3) is 1.00. The van der Waals surface area contributed by atoms with E-state index in [0.29, 0.717) is 25.8 Å². The third-order valence-electron chi connectivity index (χ3n) is 2.45. The second-order valence-corrected chi connectivity index (χ2v) is 6.32. The fourth-order valence-electron chi connectivity index (χ4n) is 1.52. The standard InChI is InChI=1S/C10H21NO4S/c1-16(12,13)9-5-11-4-8-15-10-2-6-14-7-3-10/h10-11H,2-9H2,1H3. The van der Waals surface area contributed by atoms with Gasteiger partial charge in [-0.15, -0.1) is 0 Å². The summed E-state index contributed by atoms with van der Waals surface area (Å²) in [7, 11) is -2.85. The number of hydrogen-bond acceptors (Lipinski definition) is 5. The highest BCUT2D eigenvalue weighted by molar-refractivity contribution is 7.90. The predicted molar refractivity (Wildman–Crippen MR) is 62.4 cm³/mol. The molecule has 0 spiro atoms. The molecule has 16 heavy (non-hydrogen) atoms. The Balaban J connectivity index is 1.91. The van der Waals surface area contributed by atoms with E-state index < -0.39 is 9.84 Å². The van der Waals surface area contributed by atoms with Crippen LogP contribution in [0, 0.1) is 0 Å². The summed E-state index contributed by atoms with van der Waals surface area (Å²) in [4.78, 5) is 0. The molecule has 1 aliphatic rings. The summed E-state index contributed by atoms with van der Waals surface area (Å²) in [6, 6.07) is 0. The van der Waals surface area contributed by atoms with Crippen molar-refractivity contribution in [1.29, 1.82) is 0 Å². The van der Waals surface area contributed by atoms with Gasteiger partial charge in [0.25, 0.3) is 0 Å². The van der Waals surface area contributed by atoms with Gasteiger partial charge >= 0.3 is 0 Å². The monoisotopic (exact) mass is 251 g/mol. The van der Waals surface area contributed by atoms with Gasteiger partial charge in [-0.1, -0.05) is 0 Å². The lowest BCUT2D eigenvalue weighted by atomic mass is 10.2. The minimum absolute atomic E-state index is 0.185. The molecule has 0 saturated carbocycles. The lowest BCUT2D eigenvalue weighted by Crippen LogP contribution is -2.29. The average molecular weight is 251 g/mol. The Hall–Kier alpha value is -0.170. The van der Waals surface area contributed by atoms with E-state index in [1.165, 1.54) is 6.26 Å². The SMILES string of the molecule is CS(=O)(=O)CCNCCOC1CCOCC1. The lowest BCUT2D eigenvalue weighted by Gasteiger charge is -2.22. The molecule has 1 fully saturated rings. The minimum atomic E-state index is -2.85. The molecular formula is C10H21NO4S. The Bertz CT molecular complexity index is 273. The van der Waals surface area contributed by atoms with Crippen molar-refractivity contribution in [2.75, 3.05) is 44.9 Å². The van der Waals surface area contributed by atoms with Crippen molar-refractivity contribution in [2.45, 2.75) is 18.9 Å². The third-order valence-corrected chi connectivity index (χ3v) is 3.40. The molecule has 1 N–H and O–H groups in total. The highest BCUT2D eigenvalue weighted by Gasteiger charge is 2.13. The molecule has 0 aromatic heterocycles. The summed E-state index contributed by atoms with van der Waals surface area (Å²) in [5, 5.41) is 3.05. The van der Waals surface area contributed by atoms with E-state index in [-0.39, 0.29) is 5.75 Å². The second kappa shape index (κ2) is 7.21. The van der Waals surface area contributed by atoms with E-state index in [4.69, 9.17) is 9.47 Å². The molecule has 0 bridgehead atoms. The summed E-state index contributed by atoms with van der Waals surface area (Å²) >= 11 is 0. The van der Waals surface area contributed by atoms with Crippen molar-refractivity contribution in [2.24, 2.45) is 0 Å². The molecule has 0 aliphatic carbocycles. The molecule has 0 amide bonds. The topological polar surface area (TPSA) is 64.6 Å². The average Bonchev–Trinajstić information content (AvgIpc) is 2.23. The highest BCUT2D eigenvalue weighted by atomic mass is 32.2. The smallest absolute Gasteiger partial charge is 0.148 e. The van der Waals surface area contributed by atoms with E-state index in [1.807, 2.05) is 0 Å². The van der Waals surface area contributed by atoms with Gasteiger partial charge in [-0.3, -0.25) is 0 Å². The molecule has 1 heterocycles. The van der Waals surface area contributed by atoms with Crippen molar-refractivity contribution < 1.29 is 17.9 Å². The van der Waals surface area contributed by atoms with Gasteiger partial charge in [0.15, 0.2) is 0 Å². The van der Waals surface area contributed by atoms with Gasteiger partial charge < -0.3 is 14.8 Å². The molecule has 0 atom stereocenters. The van der Waals surface area contributed by atoms with Crippen LogP contribution in [-0.2, 0) is 19.3 Å². The molecule has 5 nitrogen and oxygen atoms in total. The number of ether oxygens (including phenoxy) is 2. The second-order valence-electron chi connectivity index (χ2n) is 4.06. The molecule has 96 valence electrons. The molecule has 0 aromatic rings. The first-order valence-electron chi connectivity index (χ1n) is 5.66. The van der Waals surface area contributed by atoms with E-state index in [0.717, 1.165) is 26.1 Å². The maximum atomic E-state index is 10.8. The maximum Gasteiger partial charge on any atom is 0.148 e. The van der Waals surface area contributed by atoms with Crippen LogP contribution >= 0.6 is 0 Å². The van der Waals surface area contributed by atoms with Crippen LogP contribution in [0.15, 0.2) is 0 Å². The zero-order chi connectivity index (χ0) is 11.9. The zero-order valence-corrected chi connectivity index (χ0v) is 10.6. The van der Waals surface area contributed by atoms with Crippen LogP contribution in [0.4, 0.5) is 0 Å². The summed E-state index contributed by atoms with van der Waals surface area (Å²) < 4.78 is 32.5.